The summed E-state index contributed by atoms with van der Waals surface area (Å²) in [5.41, 5.74) is 1.12. The summed E-state index contributed by atoms with van der Waals surface area (Å²) in [6.07, 6.45) is 1.07. The van der Waals surface area contributed by atoms with E-state index < -0.39 is 12.4 Å². The number of methoxy groups -OCH3 is 1. The van der Waals surface area contributed by atoms with Crippen molar-refractivity contribution >= 4 is 17.6 Å². The number of benzene rings is 1. The molecule has 4 rings (SSSR count). The second-order valence-electron chi connectivity index (χ2n) is 7.71. The van der Waals surface area contributed by atoms with Gasteiger partial charge in [-0.1, -0.05) is 12.1 Å². The molecule has 0 saturated carbocycles. The van der Waals surface area contributed by atoms with Crippen molar-refractivity contribution in [3.8, 4) is 22.8 Å². The number of nitrogens with one attached hydrogen (secondary N) is 1. The summed E-state index contributed by atoms with van der Waals surface area (Å²) in [5, 5.41) is 10.9. The Labute approximate surface area is 193 Å². The summed E-state index contributed by atoms with van der Waals surface area (Å²) in [4.78, 5) is 10.4. The molecule has 2 unspecified atom stereocenters. The Morgan fingerprint density at radius 1 is 1.12 bits per heavy atom. The van der Waals surface area contributed by atoms with Crippen LogP contribution in [0.4, 0.5) is 30.8 Å². The Morgan fingerprint density at radius 2 is 1.82 bits per heavy atom. The van der Waals surface area contributed by atoms with E-state index in [-0.39, 0.29) is 35.5 Å². The molecule has 1 fully saturated rings. The number of rotatable bonds is 7. The van der Waals surface area contributed by atoms with E-state index in [0.717, 1.165) is 6.20 Å². The minimum Gasteiger partial charge on any atom is -0.479 e. The largest absolute Gasteiger partial charge is 0.479 e. The van der Waals surface area contributed by atoms with E-state index in [9.17, 15) is 13.2 Å². The van der Waals surface area contributed by atoms with Crippen molar-refractivity contribution in [1.82, 2.24) is 20.2 Å². The minimum atomic E-state index is -2.92. The van der Waals surface area contributed by atoms with Crippen LogP contribution in [0, 0.1) is 5.82 Å². The smallest absolute Gasteiger partial charge is 0.387 e. The summed E-state index contributed by atoms with van der Waals surface area (Å²) in [7, 11) is 1.43. The molecule has 34 heavy (non-hydrogen) atoms. The molecule has 1 N–H and O–H groups in total. The minimum absolute atomic E-state index is 0.0127. The first-order valence-corrected chi connectivity index (χ1v) is 10.5. The van der Waals surface area contributed by atoms with E-state index >= 15 is 0 Å². The van der Waals surface area contributed by atoms with Crippen molar-refractivity contribution in [3.05, 3.63) is 42.3 Å². The lowest BCUT2D eigenvalue weighted by Crippen LogP contribution is -2.46. The van der Waals surface area contributed by atoms with Gasteiger partial charge >= 0.3 is 6.61 Å². The maximum atomic E-state index is 14.5. The van der Waals surface area contributed by atoms with Crippen molar-refractivity contribution in [1.29, 1.82) is 0 Å². The molecular formula is C22H23F3N6O3. The number of hydrogen-bond acceptors (Lipinski definition) is 9. The van der Waals surface area contributed by atoms with Gasteiger partial charge in [-0.2, -0.15) is 13.8 Å². The quantitative estimate of drug-likeness (QED) is 0.542. The van der Waals surface area contributed by atoms with Gasteiger partial charge in [0.05, 0.1) is 25.5 Å². The number of nitrogens with zero attached hydrogens (tertiary/aromatic N) is 5. The van der Waals surface area contributed by atoms with Crippen LogP contribution in [0.15, 0.2) is 36.5 Å². The average molecular weight is 476 g/mol. The molecule has 12 heteroatoms. The van der Waals surface area contributed by atoms with Gasteiger partial charge in [0, 0.05) is 18.7 Å². The number of anilines is 3. The molecule has 0 aliphatic carbocycles. The summed E-state index contributed by atoms with van der Waals surface area (Å²) in [5.74, 6) is 0.0560. The molecule has 2 atom stereocenters. The number of ether oxygens (including phenoxy) is 3. The number of alkyl halides is 2. The highest BCUT2D eigenvalue weighted by atomic mass is 19.3. The molecule has 0 spiro atoms. The second-order valence-corrected chi connectivity index (χ2v) is 7.71. The van der Waals surface area contributed by atoms with Crippen LogP contribution in [0.5, 0.6) is 11.6 Å². The summed E-state index contributed by atoms with van der Waals surface area (Å²) in [6, 6.07) is 7.54. The molecule has 1 aliphatic heterocycles. The van der Waals surface area contributed by atoms with Crippen LogP contribution in [0.25, 0.3) is 11.1 Å². The van der Waals surface area contributed by atoms with E-state index in [1.807, 2.05) is 18.7 Å². The second kappa shape index (κ2) is 10.1. The van der Waals surface area contributed by atoms with Crippen molar-refractivity contribution in [2.45, 2.75) is 32.7 Å². The van der Waals surface area contributed by atoms with Gasteiger partial charge in [-0.05, 0) is 37.6 Å². The Balaban J connectivity index is 1.60. The molecule has 0 amide bonds. The Morgan fingerprint density at radius 3 is 2.47 bits per heavy atom. The first-order chi connectivity index (χ1) is 16.3. The molecule has 180 valence electrons. The maximum Gasteiger partial charge on any atom is 0.387 e. The summed E-state index contributed by atoms with van der Waals surface area (Å²) >= 11 is 0. The fourth-order valence-electron chi connectivity index (χ4n) is 3.68. The van der Waals surface area contributed by atoms with Gasteiger partial charge in [0.1, 0.15) is 5.75 Å². The number of hydrogen-bond donors (Lipinski definition) is 1. The molecule has 0 bridgehead atoms. The number of halogens is 3. The Hall–Kier alpha value is -3.67. The van der Waals surface area contributed by atoms with Crippen molar-refractivity contribution in [2.75, 3.05) is 30.4 Å². The van der Waals surface area contributed by atoms with Crippen LogP contribution >= 0.6 is 0 Å². The Kier molecular flexibility index (Phi) is 6.96. The van der Waals surface area contributed by atoms with E-state index in [1.54, 1.807) is 18.2 Å². The molecule has 0 radical (unpaired) electrons. The number of morpholine rings is 1. The van der Waals surface area contributed by atoms with Gasteiger partial charge in [-0.15, -0.1) is 10.2 Å². The predicted octanol–water partition coefficient (Wildman–Crippen LogP) is 4.04. The van der Waals surface area contributed by atoms with Gasteiger partial charge in [0.2, 0.25) is 11.8 Å². The monoisotopic (exact) mass is 476 g/mol. The van der Waals surface area contributed by atoms with Crippen molar-refractivity contribution in [3.63, 3.8) is 0 Å². The van der Waals surface area contributed by atoms with Gasteiger partial charge < -0.3 is 24.4 Å². The third-order valence-electron chi connectivity index (χ3n) is 5.02. The lowest BCUT2D eigenvalue weighted by Gasteiger charge is -2.35. The van der Waals surface area contributed by atoms with E-state index in [2.05, 4.69) is 30.2 Å². The zero-order valence-corrected chi connectivity index (χ0v) is 18.7. The lowest BCUT2D eigenvalue weighted by molar-refractivity contribution is -0.0498. The van der Waals surface area contributed by atoms with Gasteiger partial charge in [-0.25, -0.2) is 9.37 Å². The number of aromatic nitrogens is 4. The average Bonchev–Trinajstić information content (AvgIpc) is 2.80. The van der Waals surface area contributed by atoms with Crippen LogP contribution in [-0.2, 0) is 4.74 Å². The van der Waals surface area contributed by atoms with Crippen molar-refractivity contribution in [2.24, 2.45) is 0 Å². The molecule has 3 heterocycles. The third kappa shape index (κ3) is 5.45. The van der Waals surface area contributed by atoms with Crippen LogP contribution < -0.4 is 19.7 Å². The Bertz CT molecular complexity index is 1130. The van der Waals surface area contributed by atoms with Gasteiger partial charge in [0.15, 0.2) is 17.5 Å². The van der Waals surface area contributed by atoms with Crippen LogP contribution in [0.2, 0.25) is 0 Å². The first kappa shape index (κ1) is 23.5. The fraction of sp³-hybridized carbons (Fsp3) is 0.364. The van der Waals surface area contributed by atoms with Gasteiger partial charge in [0.25, 0.3) is 0 Å². The van der Waals surface area contributed by atoms with Gasteiger partial charge in [-0.3, -0.25) is 0 Å². The molecule has 1 aliphatic rings. The zero-order valence-electron chi connectivity index (χ0n) is 18.7. The SMILES string of the molecule is COc1nnc(Nc2nc(N3CC(C)OC(C)C3)ncc2F)cc1-c1ccc(OC(F)F)cc1. The standard InChI is InChI=1S/C22H23F3N6O3/c1-12-10-31(11-13(2)33-12)22-26-9-17(23)19(28-22)27-18-8-16(20(32-3)30-29-18)14-4-6-15(7-5-14)34-21(24)25/h4-9,12-13,21H,10-11H2,1-3H3,(H,26,27,28,29). The molecule has 1 aromatic carbocycles. The molecule has 9 nitrogen and oxygen atoms in total. The maximum absolute atomic E-state index is 14.5. The van der Waals surface area contributed by atoms with Crippen LogP contribution in [0.3, 0.4) is 0 Å². The normalized spacial score (nSPS) is 18.1. The first-order valence-electron chi connectivity index (χ1n) is 10.5. The van der Waals surface area contributed by atoms with Crippen LogP contribution in [0.1, 0.15) is 13.8 Å². The highest BCUT2D eigenvalue weighted by Gasteiger charge is 2.25. The molecule has 2 aromatic heterocycles. The third-order valence-corrected chi connectivity index (χ3v) is 5.02. The molecule has 1 saturated heterocycles. The summed E-state index contributed by atoms with van der Waals surface area (Å²) < 4.78 is 54.7. The fourth-order valence-corrected chi connectivity index (χ4v) is 3.68. The highest BCUT2D eigenvalue weighted by Crippen LogP contribution is 2.32. The predicted molar refractivity (Wildman–Crippen MR) is 118 cm³/mol. The van der Waals surface area contributed by atoms with E-state index in [4.69, 9.17) is 9.47 Å². The molecule has 3 aromatic rings. The summed E-state index contributed by atoms with van der Waals surface area (Å²) in [6.45, 7) is 2.13. The lowest BCUT2D eigenvalue weighted by atomic mass is 10.1. The zero-order chi connectivity index (χ0) is 24.2. The topological polar surface area (TPSA) is 94.5 Å². The highest BCUT2D eigenvalue weighted by molar-refractivity contribution is 5.72. The van der Waals surface area contributed by atoms with E-state index in [0.29, 0.717) is 30.2 Å². The van der Waals surface area contributed by atoms with Crippen LogP contribution in [-0.4, -0.2) is 59.2 Å². The van der Waals surface area contributed by atoms with Crippen molar-refractivity contribution < 1.29 is 27.4 Å². The van der Waals surface area contributed by atoms with E-state index in [1.165, 1.54) is 19.2 Å². The molecular weight excluding hydrogens is 453 g/mol.